The van der Waals surface area contributed by atoms with Gasteiger partial charge in [0.05, 0.1) is 9.92 Å². The molecule has 1 atom stereocenters. The highest BCUT2D eigenvalue weighted by Gasteiger charge is 2.20. The van der Waals surface area contributed by atoms with Crippen molar-refractivity contribution in [3.05, 3.63) is 89.4 Å². The number of nitrogens with one attached hydrogen (secondary N) is 2. The summed E-state index contributed by atoms with van der Waals surface area (Å²) in [5, 5.41) is 2.79. The highest BCUT2D eigenvalue weighted by atomic mass is 35.5. The van der Waals surface area contributed by atoms with E-state index in [0.717, 1.165) is 5.56 Å². The molecule has 0 aliphatic carbocycles. The minimum absolute atomic E-state index is 0.0105. The quantitative estimate of drug-likeness (QED) is 0.539. The summed E-state index contributed by atoms with van der Waals surface area (Å²) in [6, 6.07) is 21.9. The van der Waals surface area contributed by atoms with Gasteiger partial charge in [0, 0.05) is 11.7 Å². The summed E-state index contributed by atoms with van der Waals surface area (Å²) in [5.74, 6) is -0.137. The van der Waals surface area contributed by atoms with E-state index in [4.69, 9.17) is 16.3 Å². The lowest BCUT2D eigenvalue weighted by Crippen LogP contribution is -2.27. The number of anilines is 1. The first-order chi connectivity index (χ1) is 14.3. The molecule has 0 heterocycles. The van der Waals surface area contributed by atoms with Crippen LogP contribution in [0.3, 0.4) is 0 Å². The number of hydrogen-bond acceptors (Lipinski definition) is 4. The van der Waals surface area contributed by atoms with Gasteiger partial charge in [-0.3, -0.25) is 4.79 Å². The van der Waals surface area contributed by atoms with E-state index in [1.54, 1.807) is 31.2 Å². The Morgan fingerprint density at radius 3 is 2.27 bits per heavy atom. The molecule has 156 valence electrons. The van der Waals surface area contributed by atoms with Gasteiger partial charge in [0.15, 0.2) is 6.61 Å². The first-order valence-corrected chi connectivity index (χ1v) is 11.1. The van der Waals surface area contributed by atoms with E-state index in [9.17, 15) is 13.2 Å². The standard InChI is InChI=1S/C22H21ClN2O4S/c1-16(17-8-4-2-5-9-17)25-30(27,28)19-12-13-21(20(23)14-19)29-15-22(26)24-18-10-6-3-7-11-18/h2-14,16,25H,15H2,1H3,(H,24,26)/t16-/m1/s1. The Bertz CT molecular complexity index is 1110. The van der Waals surface area contributed by atoms with Crippen LogP contribution < -0.4 is 14.8 Å². The second-order valence-corrected chi connectivity index (χ2v) is 8.67. The molecule has 0 aliphatic rings. The van der Waals surface area contributed by atoms with Crippen LogP contribution in [-0.4, -0.2) is 20.9 Å². The second kappa shape index (κ2) is 9.75. The van der Waals surface area contributed by atoms with Crippen molar-refractivity contribution in [2.24, 2.45) is 0 Å². The smallest absolute Gasteiger partial charge is 0.262 e. The van der Waals surface area contributed by atoms with Crippen molar-refractivity contribution in [1.82, 2.24) is 4.72 Å². The number of hydrogen-bond donors (Lipinski definition) is 2. The van der Waals surface area contributed by atoms with Crippen LogP contribution in [0, 0.1) is 0 Å². The molecule has 0 aliphatic heterocycles. The summed E-state index contributed by atoms with van der Waals surface area (Å²) in [6.45, 7) is 1.50. The number of carbonyl (C=O) groups excluding carboxylic acids is 1. The van der Waals surface area contributed by atoms with Crippen LogP contribution in [0.4, 0.5) is 5.69 Å². The van der Waals surface area contributed by atoms with Gasteiger partial charge in [-0.2, -0.15) is 0 Å². The highest BCUT2D eigenvalue weighted by Crippen LogP contribution is 2.28. The molecule has 3 rings (SSSR count). The molecular weight excluding hydrogens is 424 g/mol. The molecule has 0 fully saturated rings. The fourth-order valence-electron chi connectivity index (χ4n) is 2.74. The first kappa shape index (κ1) is 21.8. The largest absolute Gasteiger partial charge is 0.482 e. The summed E-state index contributed by atoms with van der Waals surface area (Å²) >= 11 is 6.18. The van der Waals surface area contributed by atoms with Crippen molar-refractivity contribution in [2.75, 3.05) is 11.9 Å². The zero-order valence-electron chi connectivity index (χ0n) is 16.2. The molecule has 1 amide bonds. The zero-order chi connectivity index (χ0) is 21.6. The zero-order valence-corrected chi connectivity index (χ0v) is 17.8. The van der Waals surface area contributed by atoms with E-state index >= 15 is 0 Å². The van der Waals surface area contributed by atoms with Gasteiger partial charge in [0.2, 0.25) is 10.0 Å². The average molecular weight is 445 g/mol. The maximum absolute atomic E-state index is 12.7. The molecular formula is C22H21ClN2O4S. The van der Waals surface area contributed by atoms with Crippen molar-refractivity contribution in [3.63, 3.8) is 0 Å². The van der Waals surface area contributed by atoms with Gasteiger partial charge < -0.3 is 10.1 Å². The van der Waals surface area contributed by atoms with Gasteiger partial charge >= 0.3 is 0 Å². The maximum Gasteiger partial charge on any atom is 0.262 e. The van der Waals surface area contributed by atoms with E-state index < -0.39 is 16.1 Å². The van der Waals surface area contributed by atoms with Crippen LogP contribution in [0.1, 0.15) is 18.5 Å². The van der Waals surface area contributed by atoms with Crippen LogP contribution in [0.2, 0.25) is 5.02 Å². The molecule has 0 spiro atoms. The van der Waals surface area contributed by atoms with Crippen molar-refractivity contribution in [2.45, 2.75) is 17.9 Å². The maximum atomic E-state index is 12.7. The number of halogens is 1. The molecule has 0 unspecified atom stereocenters. The van der Waals surface area contributed by atoms with Crippen LogP contribution in [-0.2, 0) is 14.8 Å². The van der Waals surface area contributed by atoms with Crippen molar-refractivity contribution in [1.29, 1.82) is 0 Å². The molecule has 8 heteroatoms. The summed E-state index contributed by atoms with van der Waals surface area (Å²) in [7, 11) is -3.79. The van der Waals surface area contributed by atoms with Gasteiger partial charge in [-0.05, 0) is 42.8 Å². The van der Waals surface area contributed by atoms with E-state index in [-0.39, 0.29) is 28.2 Å². The third-order valence-corrected chi connectivity index (χ3v) is 6.10. The summed E-state index contributed by atoms with van der Waals surface area (Å²) in [4.78, 5) is 12.0. The normalized spacial score (nSPS) is 12.2. The number of rotatable bonds is 8. The predicted octanol–water partition coefficient (Wildman–Crippen LogP) is 4.40. The molecule has 0 radical (unpaired) electrons. The van der Waals surface area contributed by atoms with E-state index in [1.807, 2.05) is 36.4 Å². The Balaban J connectivity index is 1.63. The van der Waals surface area contributed by atoms with Crippen LogP contribution >= 0.6 is 11.6 Å². The topological polar surface area (TPSA) is 84.5 Å². The number of para-hydroxylation sites is 1. The van der Waals surface area contributed by atoms with Crippen LogP contribution in [0.5, 0.6) is 5.75 Å². The number of carbonyl (C=O) groups is 1. The minimum atomic E-state index is -3.79. The number of benzene rings is 3. The highest BCUT2D eigenvalue weighted by molar-refractivity contribution is 7.89. The molecule has 2 N–H and O–H groups in total. The molecule has 0 aromatic heterocycles. The molecule has 0 bridgehead atoms. The van der Waals surface area contributed by atoms with Crippen LogP contribution in [0.25, 0.3) is 0 Å². The number of ether oxygens (including phenoxy) is 1. The SMILES string of the molecule is C[C@@H](NS(=O)(=O)c1ccc(OCC(=O)Nc2ccccc2)c(Cl)c1)c1ccccc1. The minimum Gasteiger partial charge on any atom is -0.482 e. The molecule has 30 heavy (non-hydrogen) atoms. The molecule has 3 aromatic carbocycles. The lowest BCUT2D eigenvalue weighted by molar-refractivity contribution is -0.118. The molecule has 0 saturated heterocycles. The average Bonchev–Trinajstić information content (AvgIpc) is 2.74. The first-order valence-electron chi connectivity index (χ1n) is 9.20. The summed E-state index contributed by atoms with van der Waals surface area (Å²) in [6.07, 6.45) is 0. The fourth-order valence-corrected chi connectivity index (χ4v) is 4.30. The number of amides is 1. The molecule has 0 saturated carbocycles. The third kappa shape index (κ3) is 5.82. The molecule has 3 aromatic rings. The molecule has 6 nitrogen and oxygen atoms in total. The Morgan fingerprint density at radius 1 is 1.00 bits per heavy atom. The second-order valence-electron chi connectivity index (χ2n) is 6.55. The van der Waals surface area contributed by atoms with Crippen LogP contribution in [0.15, 0.2) is 83.8 Å². The van der Waals surface area contributed by atoms with E-state index in [0.29, 0.717) is 5.69 Å². The summed E-state index contributed by atoms with van der Waals surface area (Å²) < 4.78 is 33.4. The van der Waals surface area contributed by atoms with Gasteiger partial charge in [0.25, 0.3) is 5.91 Å². The van der Waals surface area contributed by atoms with E-state index in [1.165, 1.54) is 18.2 Å². The van der Waals surface area contributed by atoms with E-state index in [2.05, 4.69) is 10.0 Å². The predicted molar refractivity (Wildman–Crippen MR) is 117 cm³/mol. The van der Waals surface area contributed by atoms with Crippen molar-refractivity contribution >= 4 is 33.2 Å². The van der Waals surface area contributed by atoms with Crippen molar-refractivity contribution < 1.29 is 17.9 Å². The third-order valence-electron chi connectivity index (χ3n) is 4.26. The Morgan fingerprint density at radius 2 is 1.63 bits per heavy atom. The number of sulfonamides is 1. The van der Waals surface area contributed by atoms with Gasteiger partial charge in [-0.25, -0.2) is 13.1 Å². The monoisotopic (exact) mass is 444 g/mol. The Kier molecular flexibility index (Phi) is 7.10. The fraction of sp³-hybridized carbons (Fsp3) is 0.136. The lowest BCUT2D eigenvalue weighted by Gasteiger charge is -2.15. The van der Waals surface area contributed by atoms with Gasteiger partial charge in [-0.15, -0.1) is 0 Å². The van der Waals surface area contributed by atoms with Gasteiger partial charge in [-0.1, -0.05) is 60.1 Å². The summed E-state index contributed by atoms with van der Waals surface area (Å²) in [5.41, 5.74) is 1.49. The Labute approximate surface area is 180 Å². The Hall–Kier alpha value is -2.87. The van der Waals surface area contributed by atoms with Crippen molar-refractivity contribution in [3.8, 4) is 5.75 Å². The lowest BCUT2D eigenvalue weighted by atomic mass is 10.1. The van der Waals surface area contributed by atoms with Gasteiger partial charge in [0.1, 0.15) is 5.75 Å².